The summed E-state index contributed by atoms with van der Waals surface area (Å²) < 4.78 is 5.36. The smallest absolute Gasteiger partial charge is 0.303 e. The third-order valence-electron chi connectivity index (χ3n) is 5.04. The predicted molar refractivity (Wildman–Crippen MR) is 115 cm³/mol. The fourth-order valence-corrected chi connectivity index (χ4v) is 3.67. The Morgan fingerprint density at radius 3 is 2.10 bits per heavy atom. The lowest BCUT2D eigenvalue weighted by Crippen LogP contribution is -2.61. The molecule has 1 heterocycles. The fourth-order valence-electron chi connectivity index (χ4n) is 3.67. The molecule has 1 unspecified atom stereocenters. The summed E-state index contributed by atoms with van der Waals surface area (Å²) in [6.45, 7) is 1.32. The molecule has 4 rings (SSSR count). The molecule has 1 saturated heterocycles. The minimum atomic E-state index is -0.844. The van der Waals surface area contributed by atoms with Crippen molar-refractivity contribution < 1.29 is 14.3 Å². The second kappa shape index (κ2) is 8.74. The van der Waals surface area contributed by atoms with Gasteiger partial charge in [0.1, 0.15) is 12.2 Å². The Bertz CT molecular complexity index is 1040. The predicted octanol–water partition coefficient (Wildman–Crippen LogP) is 4.32. The van der Waals surface area contributed by atoms with Crippen molar-refractivity contribution in [3.05, 3.63) is 108 Å². The molecule has 5 heteroatoms. The molecule has 1 aliphatic rings. The van der Waals surface area contributed by atoms with E-state index in [1.807, 2.05) is 91.0 Å². The Hall–Kier alpha value is -3.73. The van der Waals surface area contributed by atoms with Crippen LogP contribution in [0.3, 0.4) is 0 Å². The number of likely N-dealkylation sites (tertiary alicyclic amines) is 1. The van der Waals surface area contributed by atoms with Crippen molar-refractivity contribution in [3.8, 4) is 0 Å². The molecule has 0 saturated carbocycles. The van der Waals surface area contributed by atoms with Gasteiger partial charge in [-0.2, -0.15) is 0 Å². The summed E-state index contributed by atoms with van der Waals surface area (Å²) in [4.78, 5) is 31.1. The molecule has 1 fully saturated rings. The lowest BCUT2D eigenvalue weighted by Gasteiger charge is -2.48. The third kappa shape index (κ3) is 4.01. The maximum absolute atomic E-state index is 13.1. The summed E-state index contributed by atoms with van der Waals surface area (Å²) in [5.41, 5.74) is 2.73. The van der Waals surface area contributed by atoms with Crippen molar-refractivity contribution in [3.63, 3.8) is 0 Å². The molecule has 0 aromatic heterocycles. The number of carbonyl (C=O) groups is 2. The van der Waals surface area contributed by atoms with Gasteiger partial charge in [-0.15, -0.1) is 0 Å². The first-order valence-corrected chi connectivity index (χ1v) is 9.82. The molecular weight excluding hydrogens is 376 g/mol. The van der Waals surface area contributed by atoms with E-state index in [0.29, 0.717) is 0 Å². The van der Waals surface area contributed by atoms with Crippen molar-refractivity contribution in [2.45, 2.75) is 25.2 Å². The maximum atomic E-state index is 13.1. The number of nitrogens with zero attached hydrogens (tertiary/aromatic N) is 2. The van der Waals surface area contributed by atoms with E-state index < -0.39 is 24.3 Å². The van der Waals surface area contributed by atoms with E-state index in [0.717, 1.165) is 16.7 Å². The second-order valence-corrected chi connectivity index (χ2v) is 7.10. The summed E-state index contributed by atoms with van der Waals surface area (Å²) >= 11 is 0. The number of aliphatic imine (C=N–C) groups is 1. The van der Waals surface area contributed by atoms with E-state index in [9.17, 15) is 9.59 Å². The van der Waals surface area contributed by atoms with Gasteiger partial charge in [0, 0.05) is 13.1 Å². The van der Waals surface area contributed by atoms with Crippen LogP contribution in [0.5, 0.6) is 0 Å². The molecule has 0 spiro atoms. The summed E-state index contributed by atoms with van der Waals surface area (Å²) in [5.74, 6) is -0.726. The van der Waals surface area contributed by atoms with Crippen LogP contribution in [-0.2, 0) is 14.3 Å². The molecule has 30 heavy (non-hydrogen) atoms. The normalized spacial score (nSPS) is 19.4. The topological polar surface area (TPSA) is 59.0 Å². The number of benzene rings is 3. The van der Waals surface area contributed by atoms with Gasteiger partial charge in [0.25, 0.3) is 5.91 Å². The fraction of sp³-hybridized carbons (Fsp3) is 0.160. The number of rotatable bonds is 6. The molecule has 0 bridgehead atoms. The number of β-lactam (4-membered cyclic amide) rings is 1. The summed E-state index contributed by atoms with van der Waals surface area (Å²) in [6, 6.07) is 28.6. The van der Waals surface area contributed by atoms with Crippen LogP contribution in [0.2, 0.25) is 0 Å². The van der Waals surface area contributed by atoms with E-state index in [4.69, 9.17) is 9.73 Å². The average molecular weight is 398 g/mol. The minimum absolute atomic E-state index is 0.252. The molecule has 3 aromatic rings. The quantitative estimate of drug-likeness (QED) is 0.353. The minimum Gasteiger partial charge on any atom is -0.450 e. The SMILES string of the molecule is CC(=O)O[C@@H]1C(=O)N(C(N=Cc2ccccc2)c2ccccc2)[C@@H]1c1ccccc1. The molecule has 5 nitrogen and oxygen atoms in total. The van der Waals surface area contributed by atoms with Crippen molar-refractivity contribution in [2.75, 3.05) is 0 Å². The average Bonchev–Trinajstić information content (AvgIpc) is 2.79. The summed E-state index contributed by atoms with van der Waals surface area (Å²) in [6.07, 6.45) is 0.394. The first kappa shape index (κ1) is 19.6. The number of carbonyl (C=O) groups excluding carboxylic acids is 2. The highest BCUT2D eigenvalue weighted by atomic mass is 16.6. The number of hydrogen-bond acceptors (Lipinski definition) is 4. The van der Waals surface area contributed by atoms with Crippen molar-refractivity contribution in [2.24, 2.45) is 4.99 Å². The van der Waals surface area contributed by atoms with Crippen LogP contribution in [0.25, 0.3) is 0 Å². The molecule has 150 valence electrons. The molecule has 0 N–H and O–H groups in total. The van der Waals surface area contributed by atoms with Gasteiger partial charge < -0.3 is 9.64 Å². The first-order chi connectivity index (χ1) is 14.6. The molecule has 0 radical (unpaired) electrons. The zero-order chi connectivity index (χ0) is 20.9. The zero-order valence-corrected chi connectivity index (χ0v) is 16.6. The third-order valence-corrected chi connectivity index (χ3v) is 5.04. The highest BCUT2D eigenvalue weighted by Crippen LogP contribution is 2.43. The van der Waals surface area contributed by atoms with Crippen LogP contribution in [-0.4, -0.2) is 29.1 Å². The van der Waals surface area contributed by atoms with E-state index >= 15 is 0 Å². The Morgan fingerprint density at radius 2 is 1.50 bits per heavy atom. The Balaban J connectivity index is 1.73. The first-order valence-electron chi connectivity index (χ1n) is 9.82. The largest absolute Gasteiger partial charge is 0.450 e. The zero-order valence-electron chi connectivity index (χ0n) is 16.6. The van der Waals surface area contributed by atoms with E-state index in [2.05, 4.69) is 0 Å². The van der Waals surface area contributed by atoms with Gasteiger partial charge in [0.05, 0.1) is 0 Å². The number of esters is 1. The number of amides is 1. The van der Waals surface area contributed by atoms with E-state index in [1.165, 1.54) is 6.92 Å². The van der Waals surface area contributed by atoms with Gasteiger partial charge in [-0.3, -0.25) is 14.6 Å². The van der Waals surface area contributed by atoms with Gasteiger partial charge in [-0.25, -0.2) is 0 Å². The molecular formula is C25H22N2O3. The molecule has 1 aliphatic heterocycles. The van der Waals surface area contributed by atoms with Gasteiger partial charge >= 0.3 is 5.97 Å². The van der Waals surface area contributed by atoms with Gasteiger partial charge in [-0.1, -0.05) is 91.0 Å². The molecule has 3 atom stereocenters. The van der Waals surface area contributed by atoms with Gasteiger partial charge in [0.2, 0.25) is 6.10 Å². The molecule has 1 amide bonds. The van der Waals surface area contributed by atoms with Crippen molar-refractivity contribution in [1.82, 2.24) is 4.90 Å². The van der Waals surface area contributed by atoms with Crippen LogP contribution < -0.4 is 0 Å². The molecule has 3 aromatic carbocycles. The second-order valence-electron chi connectivity index (χ2n) is 7.10. The van der Waals surface area contributed by atoms with Crippen LogP contribution in [0.15, 0.2) is 96.0 Å². The lowest BCUT2D eigenvalue weighted by molar-refractivity contribution is -0.187. The highest BCUT2D eigenvalue weighted by Gasteiger charge is 2.53. The number of ether oxygens (including phenoxy) is 1. The van der Waals surface area contributed by atoms with Crippen LogP contribution in [0, 0.1) is 0 Å². The Labute approximate surface area is 175 Å². The number of hydrogen-bond donors (Lipinski definition) is 0. The van der Waals surface area contributed by atoms with Crippen LogP contribution in [0.1, 0.15) is 35.8 Å². The monoisotopic (exact) mass is 398 g/mol. The standard InChI is InChI=1S/C25H22N2O3/c1-18(28)30-23-22(20-13-7-3-8-14-20)27(25(23)29)24(21-15-9-4-10-16-21)26-17-19-11-5-2-6-12-19/h2-17,22-24H,1H3/t22-,23+,24?/m1/s1. The molecule has 0 aliphatic carbocycles. The van der Waals surface area contributed by atoms with E-state index in [-0.39, 0.29) is 5.91 Å². The Kier molecular flexibility index (Phi) is 5.70. The van der Waals surface area contributed by atoms with Crippen LogP contribution >= 0.6 is 0 Å². The Morgan fingerprint density at radius 1 is 0.933 bits per heavy atom. The highest BCUT2D eigenvalue weighted by molar-refractivity contribution is 5.91. The van der Waals surface area contributed by atoms with Crippen molar-refractivity contribution in [1.29, 1.82) is 0 Å². The summed E-state index contributed by atoms with van der Waals surface area (Å²) in [7, 11) is 0. The van der Waals surface area contributed by atoms with Gasteiger partial charge in [0.15, 0.2) is 0 Å². The van der Waals surface area contributed by atoms with Crippen molar-refractivity contribution >= 4 is 18.1 Å². The summed E-state index contributed by atoms with van der Waals surface area (Å²) in [5, 5.41) is 0. The van der Waals surface area contributed by atoms with Gasteiger partial charge in [-0.05, 0) is 16.7 Å². The van der Waals surface area contributed by atoms with E-state index in [1.54, 1.807) is 11.1 Å². The maximum Gasteiger partial charge on any atom is 0.303 e. The lowest BCUT2D eigenvalue weighted by atomic mass is 9.88. The van der Waals surface area contributed by atoms with Crippen LogP contribution in [0.4, 0.5) is 0 Å².